The normalized spacial score (nSPS) is 11.9. The van der Waals surface area contributed by atoms with Gasteiger partial charge in [0.05, 0.1) is 13.5 Å². The van der Waals surface area contributed by atoms with Crippen LogP contribution in [0.4, 0.5) is 0 Å². The van der Waals surface area contributed by atoms with E-state index in [1.54, 1.807) is 7.11 Å². The predicted octanol–water partition coefficient (Wildman–Crippen LogP) is 1.51. The summed E-state index contributed by atoms with van der Waals surface area (Å²) >= 11 is 0. The first-order valence-corrected chi connectivity index (χ1v) is 6.19. The van der Waals surface area contributed by atoms with Crippen molar-refractivity contribution >= 4 is 5.91 Å². The molecule has 0 spiro atoms. The number of aliphatic hydroxyl groups is 1. The fourth-order valence-corrected chi connectivity index (χ4v) is 1.72. The van der Waals surface area contributed by atoms with E-state index in [0.717, 1.165) is 17.7 Å². The van der Waals surface area contributed by atoms with Crippen molar-refractivity contribution < 1.29 is 14.6 Å². The summed E-state index contributed by atoms with van der Waals surface area (Å²) in [5.74, 6) is 0.793. The maximum atomic E-state index is 11.7. The molecular weight excluding hydrogens is 230 g/mol. The molecule has 1 atom stereocenters. The summed E-state index contributed by atoms with van der Waals surface area (Å²) in [6.07, 6.45) is 1.88. The van der Waals surface area contributed by atoms with Crippen LogP contribution in [0.1, 0.15) is 25.3 Å². The fourth-order valence-electron chi connectivity index (χ4n) is 1.72. The molecule has 1 aromatic carbocycles. The average molecular weight is 251 g/mol. The SMILES string of the molecule is COc1ccc(CC(=O)NC(C)CCCO)cc1. The molecule has 0 saturated carbocycles. The zero-order valence-corrected chi connectivity index (χ0v) is 11.0. The van der Waals surface area contributed by atoms with E-state index in [1.165, 1.54) is 0 Å². The first-order valence-electron chi connectivity index (χ1n) is 6.19. The van der Waals surface area contributed by atoms with Crippen molar-refractivity contribution in [3.8, 4) is 5.75 Å². The van der Waals surface area contributed by atoms with Gasteiger partial charge in [-0.1, -0.05) is 12.1 Å². The number of carbonyl (C=O) groups excluding carboxylic acids is 1. The highest BCUT2D eigenvalue weighted by molar-refractivity contribution is 5.78. The number of methoxy groups -OCH3 is 1. The average Bonchev–Trinajstić information content (AvgIpc) is 2.37. The third-order valence-corrected chi connectivity index (χ3v) is 2.73. The summed E-state index contributed by atoms with van der Waals surface area (Å²) < 4.78 is 5.06. The highest BCUT2D eigenvalue weighted by atomic mass is 16.5. The Morgan fingerprint density at radius 3 is 2.61 bits per heavy atom. The molecule has 0 bridgehead atoms. The first kappa shape index (κ1) is 14.5. The Hall–Kier alpha value is -1.55. The zero-order valence-electron chi connectivity index (χ0n) is 11.0. The third-order valence-electron chi connectivity index (χ3n) is 2.73. The number of carbonyl (C=O) groups is 1. The van der Waals surface area contributed by atoms with Gasteiger partial charge < -0.3 is 15.2 Å². The Morgan fingerprint density at radius 1 is 1.39 bits per heavy atom. The molecule has 1 amide bonds. The van der Waals surface area contributed by atoms with Crippen LogP contribution in [-0.2, 0) is 11.2 Å². The van der Waals surface area contributed by atoms with Crippen molar-refractivity contribution in [3.05, 3.63) is 29.8 Å². The second-order valence-corrected chi connectivity index (χ2v) is 4.36. The van der Waals surface area contributed by atoms with E-state index in [4.69, 9.17) is 9.84 Å². The van der Waals surface area contributed by atoms with E-state index < -0.39 is 0 Å². The number of hydrogen-bond acceptors (Lipinski definition) is 3. The number of hydrogen-bond donors (Lipinski definition) is 2. The van der Waals surface area contributed by atoms with Crippen LogP contribution in [-0.4, -0.2) is 30.8 Å². The lowest BCUT2D eigenvalue weighted by Gasteiger charge is -2.13. The smallest absolute Gasteiger partial charge is 0.224 e. The number of amides is 1. The van der Waals surface area contributed by atoms with Crippen LogP contribution >= 0.6 is 0 Å². The second kappa shape index (κ2) is 7.71. The fraction of sp³-hybridized carbons (Fsp3) is 0.500. The molecule has 1 rings (SSSR count). The van der Waals surface area contributed by atoms with Crippen molar-refractivity contribution in [2.75, 3.05) is 13.7 Å². The third kappa shape index (κ3) is 5.19. The molecule has 1 aromatic rings. The van der Waals surface area contributed by atoms with E-state index in [2.05, 4.69) is 5.32 Å². The van der Waals surface area contributed by atoms with Crippen molar-refractivity contribution in [1.29, 1.82) is 0 Å². The van der Waals surface area contributed by atoms with Crippen LogP contribution in [0, 0.1) is 0 Å². The van der Waals surface area contributed by atoms with E-state index in [1.807, 2.05) is 31.2 Å². The summed E-state index contributed by atoms with van der Waals surface area (Å²) in [5.41, 5.74) is 0.961. The molecule has 0 aliphatic heterocycles. The van der Waals surface area contributed by atoms with Gasteiger partial charge in [-0.3, -0.25) is 4.79 Å². The zero-order chi connectivity index (χ0) is 13.4. The molecule has 0 saturated heterocycles. The summed E-state index contributed by atoms with van der Waals surface area (Å²) in [7, 11) is 1.62. The van der Waals surface area contributed by atoms with Gasteiger partial charge in [-0.15, -0.1) is 0 Å². The molecule has 0 heterocycles. The van der Waals surface area contributed by atoms with Crippen LogP contribution in [0.15, 0.2) is 24.3 Å². The monoisotopic (exact) mass is 251 g/mol. The van der Waals surface area contributed by atoms with Crippen LogP contribution in [0.3, 0.4) is 0 Å². The van der Waals surface area contributed by atoms with Gasteiger partial charge in [-0.25, -0.2) is 0 Å². The Labute approximate surface area is 108 Å². The number of ether oxygens (including phenoxy) is 1. The summed E-state index contributed by atoms with van der Waals surface area (Å²) in [6, 6.07) is 7.56. The molecule has 0 fully saturated rings. The molecule has 2 N–H and O–H groups in total. The first-order chi connectivity index (χ1) is 8.65. The van der Waals surface area contributed by atoms with Crippen molar-refractivity contribution in [2.24, 2.45) is 0 Å². The molecule has 4 heteroatoms. The molecule has 100 valence electrons. The summed E-state index contributed by atoms with van der Waals surface area (Å²) in [4.78, 5) is 11.7. The lowest BCUT2D eigenvalue weighted by molar-refractivity contribution is -0.121. The van der Waals surface area contributed by atoms with Gasteiger partial charge in [0.2, 0.25) is 5.91 Å². The number of aliphatic hydroxyl groups excluding tert-OH is 1. The molecule has 0 aliphatic rings. The van der Waals surface area contributed by atoms with Gasteiger partial charge in [-0.05, 0) is 37.5 Å². The standard InChI is InChI=1S/C14H21NO3/c1-11(4-3-9-16)15-14(17)10-12-5-7-13(18-2)8-6-12/h5-8,11,16H,3-4,9-10H2,1-2H3,(H,15,17). The molecule has 0 radical (unpaired) electrons. The van der Waals surface area contributed by atoms with Gasteiger partial charge in [-0.2, -0.15) is 0 Å². The highest BCUT2D eigenvalue weighted by Crippen LogP contribution is 2.11. The van der Waals surface area contributed by atoms with E-state index in [9.17, 15) is 4.79 Å². The van der Waals surface area contributed by atoms with Gasteiger partial charge in [0.25, 0.3) is 0 Å². The summed E-state index contributed by atoms with van der Waals surface area (Å²) in [6.45, 7) is 2.11. The molecule has 4 nitrogen and oxygen atoms in total. The van der Waals surface area contributed by atoms with Crippen molar-refractivity contribution in [3.63, 3.8) is 0 Å². The van der Waals surface area contributed by atoms with Crippen LogP contribution in [0.25, 0.3) is 0 Å². The van der Waals surface area contributed by atoms with E-state index >= 15 is 0 Å². The largest absolute Gasteiger partial charge is 0.497 e. The van der Waals surface area contributed by atoms with Crippen LogP contribution in [0.5, 0.6) is 5.75 Å². The van der Waals surface area contributed by atoms with Gasteiger partial charge in [0, 0.05) is 12.6 Å². The van der Waals surface area contributed by atoms with Crippen molar-refractivity contribution in [1.82, 2.24) is 5.32 Å². The molecule has 0 aliphatic carbocycles. The quantitative estimate of drug-likeness (QED) is 0.772. The Morgan fingerprint density at radius 2 is 2.06 bits per heavy atom. The number of nitrogens with one attached hydrogen (secondary N) is 1. The lowest BCUT2D eigenvalue weighted by atomic mass is 10.1. The Kier molecular flexibility index (Phi) is 6.22. The van der Waals surface area contributed by atoms with E-state index in [-0.39, 0.29) is 18.6 Å². The van der Waals surface area contributed by atoms with Crippen LogP contribution < -0.4 is 10.1 Å². The molecule has 0 aromatic heterocycles. The number of benzene rings is 1. The summed E-state index contributed by atoms with van der Waals surface area (Å²) in [5, 5.41) is 11.6. The van der Waals surface area contributed by atoms with Crippen molar-refractivity contribution in [2.45, 2.75) is 32.2 Å². The minimum Gasteiger partial charge on any atom is -0.497 e. The molecular formula is C14H21NO3. The van der Waals surface area contributed by atoms with E-state index in [0.29, 0.717) is 12.8 Å². The van der Waals surface area contributed by atoms with Crippen LogP contribution in [0.2, 0.25) is 0 Å². The number of rotatable bonds is 7. The minimum absolute atomic E-state index is 0.00519. The maximum absolute atomic E-state index is 11.7. The topological polar surface area (TPSA) is 58.6 Å². The Bertz CT molecular complexity index is 362. The predicted molar refractivity (Wildman–Crippen MR) is 70.6 cm³/mol. The van der Waals surface area contributed by atoms with Gasteiger partial charge in [0.15, 0.2) is 0 Å². The maximum Gasteiger partial charge on any atom is 0.224 e. The Balaban J connectivity index is 2.39. The van der Waals surface area contributed by atoms with Gasteiger partial charge in [0.1, 0.15) is 5.75 Å². The lowest BCUT2D eigenvalue weighted by Crippen LogP contribution is -2.33. The molecule has 18 heavy (non-hydrogen) atoms. The molecule has 1 unspecified atom stereocenters. The highest BCUT2D eigenvalue weighted by Gasteiger charge is 2.07. The van der Waals surface area contributed by atoms with Gasteiger partial charge >= 0.3 is 0 Å². The second-order valence-electron chi connectivity index (χ2n) is 4.36. The minimum atomic E-state index is 0.00519.